The summed E-state index contributed by atoms with van der Waals surface area (Å²) in [6, 6.07) is 10.3. The summed E-state index contributed by atoms with van der Waals surface area (Å²) in [5.41, 5.74) is 1.33. The molecule has 0 unspecified atom stereocenters. The molecule has 0 spiro atoms. The molecule has 1 saturated heterocycles. The summed E-state index contributed by atoms with van der Waals surface area (Å²) in [6.45, 7) is 2.40. The number of benzene rings is 1. The lowest BCUT2D eigenvalue weighted by molar-refractivity contribution is 0.0841. The summed E-state index contributed by atoms with van der Waals surface area (Å²) < 4.78 is 2.09. The Hall–Kier alpha value is -2.34. The zero-order chi connectivity index (χ0) is 17.5. The molecule has 134 valence electrons. The first-order chi connectivity index (χ1) is 12.2. The van der Waals surface area contributed by atoms with E-state index in [1.807, 2.05) is 12.3 Å². The molecule has 2 amide bonds. The third-order valence-corrected chi connectivity index (χ3v) is 4.59. The molecular weight excluding hydrogens is 316 g/mol. The third-order valence-electron chi connectivity index (χ3n) is 4.59. The number of nitrogens with zero attached hydrogens (tertiary/aromatic N) is 3. The number of aryl methyl sites for hydroxylation is 2. The second-order valence-electron chi connectivity index (χ2n) is 6.53. The Bertz CT molecular complexity index is 671. The Morgan fingerprint density at radius 3 is 2.96 bits per heavy atom. The van der Waals surface area contributed by atoms with Crippen LogP contribution in [0.3, 0.4) is 0 Å². The number of carbonyl (C=O) groups excluding carboxylic acids is 1. The Morgan fingerprint density at radius 2 is 2.16 bits per heavy atom. The minimum Gasteiger partial charge on any atom is -0.391 e. The van der Waals surface area contributed by atoms with E-state index in [2.05, 4.69) is 39.1 Å². The fourth-order valence-corrected chi connectivity index (χ4v) is 3.21. The highest BCUT2D eigenvalue weighted by Crippen LogP contribution is 2.10. The summed E-state index contributed by atoms with van der Waals surface area (Å²) in [5, 5.41) is 12.6. The van der Waals surface area contributed by atoms with E-state index in [-0.39, 0.29) is 6.03 Å². The largest absolute Gasteiger partial charge is 0.391 e. The molecule has 6 nitrogen and oxygen atoms in total. The average Bonchev–Trinajstić information content (AvgIpc) is 3.08. The highest BCUT2D eigenvalue weighted by molar-refractivity contribution is 5.74. The summed E-state index contributed by atoms with van der Waals surface area (Å²) in [5.74, 6) is 0.860. The molecule has 2 aromatic rings. The quantitative estimate of drug-likeness (QED) is 0.845. The van der Waals surface area contributed by atoms with Crippen molar-refractivity contribution in [2.45, 2.75) is 44.9 Å². The van der Waals surface area contributed by atoms with Gasteiger partial charge in [-0.15, -0.1) is 0 Å². The molecular formula is C19H26N4O2. The van der Waals surface area contributed by atoms with Crippen molar-refractivity contribution in [1.29, 1.82) is 0 Å². The third kappa shape index (κ3) is 5.06. The van der Waals surface area contributed by atoms with Crippen LogP contribution < -0.4 is 5.32 Å². The zero-order valence-electron chi connectivity index (χ0n) is 14.5. The number of aliphatic hydroxyl groups excluding tert-OH is 1. The SMILES string of the molecule is O=C(NCc1nccn1CCCc1ccccc1)N1CCC[C@@H](O)C1. The van der Waals surface area contributed by atoms with Gasteiger partial charge in [0.2, 0.25) is 0 Å². The number of rotatable bonds is 6. The van der Waals surface area contributed by atoms with Crippen LogP contribution in [-0.4, -0.2) is 44.8 Å². The Balaban J connectivity index is 1.45. The van der Waals surface area contributed by atoms with E-state index in [9.17, 15) is 9.90 Å². The molecule has 1 aliphatic rings. The predicted molar refractivity (Wildman–Crippen MR) is 96.0 cm³/mol. The van der Waals surface area contributed by atoms with Gasteiger partial charge >= 0.3 is 6.03 Å². The van der Waals surface area contributed by atoms with Crippen LogP contribution in [0, 0.1) is 0 Å². The highest BCUT2D eigenvalue weighted by atomic mass is 16.3. The number of carbonyl (C=O) groups is 1. The Morgan fingerprint density at radius 1 is 1.32 bits per heavy atom. The van der Waals surface area contributed by atoms with Gasteiger partial charge in [0, 0.05) is 32.0 Å². The number of nitrogens with one attached hydrogen (secondary N) is 1. The van der Waals surface area contributed by atoms with Gasteiger partial charge in [0.1, 0.15) is 5.82 Å². The molecule has 1 aromatic heterocycles. The van der Waals surface area contributed by atoms with Gasteiger partial charge in [0.05, 0.1) is 12.6 Å². The topological polar surface area (TPSA) is 70.4 Å². The van der Waals surface area contributed by atoms with E-state index in [1.54, 1.807) is 11.1 Å². The predicted octanol–water partition coefficient (Wildman–Crippen LogP) is 2.18. The van der Waals surface area contributed by atoms with Gasteiger partial charge in [-0.05, 0) is 31.2 Å². The first kappa shape index (κ1) is 17.5. The molecule has 2 N–H and O–H groups in total. The molecule has 0 saturated carbocycles. The molecule has 1 aromatic carbocycles. The number of imidazole rings is 1. The first-order valence-corrected chi connectivity index (χ1v) is 8.97. The van der Waals surface area contributed by atoms with Crippen LogP contribution in [0.1, 0.15) is 30.7 Å². The molecule has 0 aliphatic carbocycles. The molecule has 0 bridgehead atoms. The van der Waals surface area contributed by atoms with Crippen LogP contribution in [0.5, 0.6) is 0 Å². The number of β-amino-alcohol motifs (C(OH)–C–C–N with tert-alkyl or cyclic N) is 1. The monoisotopic (exact) mass is 342 g/mol. The number of hydrogen-bond acceptors (Lipinski definition) is 3. The average molecular weight is 342 g/mol. The second-order valence-corrected chi connectivity index (χ2v) is 6.53. The number of amides is 2. The lowest BCUT2D eigenvalue weighted by Crippen LogP contribution is -2.47. The maximum Gasteiger partial charge on any atom is 0.317 e. The molecule has 0 radical (unpaired) electrons. The van der Waals surface area contributed by atoms with Gasteiger partial charge in [0.25, 0.3) is 0 Å². The molecule has 6 heteroatoms. The minimum atomic E-state index is -0.403. The maximum absolute atomic E-state index is 12.2. The van der Waals surface area contributed by atoms with Gasteiger partial charge in [0.15, 0.2) is 0 Å². The van der Waals surface area contributed by atoms with Crippen molar-refractivity contribution in [2.24, 2.45) is 0 Å². The Kier molecular flexibility index (Phi) is 6.06. The van der Waals surface area contributed by atoms with E-state index in [4.69, 9.17) is 0 Å². The van der Waals surface area contributed by atoms with Crippen LogP contribution in [0.2, 0.25) is 0 Å². The van der Waals surface area contributed by atoms with Crippen LogP contribution >= 0.6 is 0 Å². The standard InChI is InChI=1S/C19H26N4O2/c24-17-9-5-12-23(15-17)19(25)21-14-18-20-10-13-22(18)11-4-8-16-6-2-1-3-7-16/h1-3,6-7,10,13,17,24H,4-5,8-9,11-12,14-15H2,(H,21,25)/t17-/m1/s1. The molecule has 25 heavy (non-hydrogen) atoms. The van der Waals surface area contributed by atoms with Crippen molar-refractivity contribution in [3.63, 3.8) is 0 Å². The second kappa shape index (κ2) is 8.67. The van der Waals surface area contributed by atoms with Crippen LogP contribution in [0.25, 0.3) is 0 Å². The van der Waals surface area contributed by atoms with E-state index < -0.39 is 6.10 Å². The van der Waals surface area contributed by atoms with Crippen LogP contribution in [0.15, 0.2) is 42.7 Å². The van der Waals surface area contributed by atoms with E-state index in [1.165, 1.54) is 5.56 Å². The van der Waals surface area contributed by atoms with Gasteiger partial charge in [-0.1, -0.05) is 30.3 Å². The molecule has 1 aliphatic heterocycles. The van der Waals surface area contributed by atoms with Gasteiger partial charge in [-0.3, -0.25) is 0 Å². The molecule has 2 heterocycles. The number of aromatic nitrogens is 2. The summed E-state index contributed by atoms with van der Waals surface area (Å²) >= 11 is 0. The smallest absolute Gasteiger partial charge is 0.317 e. The molecule has 1 fully saturated rings. The number of hydrogen-bond donors (Lipinski definition) is 2. The van der Waals surface area contributed by atoms with Crippen LogP contribution in [-0.2, 0) is 19.5 Å². The van der Waals surface area contributed by atoms with E-state index in [0.29, 0.717) is 19.6 Å². The number of piperidine rings is 1. The van der Waals surface area contributed by atoms with Crippen molar-refractivity contribution < 1.29 is 9.90 Å². The number of urea groups is 1. The van der Waals surface area contributed by atoms with Crippen molar-refractivity contribution in [3.8, 4) is 0 Å². The van der Waals surface area contributed by atoms with Gasteiger partial charge < -0.3 is 19.9 Å². The first-order valence-electron chi connectivity index (χ1n) is 8.97. The highest BCUT2D eigenvalue weighted by Gasteiger charge is 2.21. The molecule has 1 atom stereocenters. The molecule has 3 rings (SSSR count). The number of aliphatic hydroxyl groups is 1. The fourth-order valence-electron chi connectivity index (χ4n) is 3.21. The van der Waals surface area contributed by atoms with Crippen molar-refractivity contribution in [1.82, 2.24) is 19.8 Å². The van der Waals surface area contributed by atoms with Crippen molar-refractivity contribution in [3.05, 3.63) is 54.1 Å². The van der Waals surface area contributed by atoms with Crippen molar-refractivity contribution in [2.75, 3.05) is 13.1 Å². The van der Waals surface area contributed by atoms with E-state index >= 15 is 0 Å². The van der Waals surface area contributed by atoms with Crippen LogP contribution in [0.4, 0.5) is 4.79 Å². The van der Waals surface area contributed by atoms with E-state index in [0.717, 1.165) is 38.1 Å². The lowest BCUT2D eigenvalue weighted by Gasteiger charge is -2.30. The summed E-state index contributed by atoms with van der Waals surface area (Å²) in [6.07, 6.45) is 7.00. The summed E-state index contributed by atoms with van der Waals surface area (Å²) in [7, 11) is 0. The Labute approximate surface area is 148 Å². The number of likely N-dealkylation sites (tertiary alicyclic amines) is 1. The normalized spacial score (nSPS) is 17.5. The lowest BCUT2D eigenvalue weighted by atomic mass is 10.1. The van der Waals surface area contributed by atoms with Gasteiger partial charge in [-0.2, -0.15) is 0 Å². The zero-order valence-corrected chi connectivity index (χ0v) is 14.5. The minimum absolute atomic E-state index is 0.127. The maximum atomic E-state index is 12.2. The fraction of sp³-hybridized carbons (Fsp3) is 0.474. The van der Waals surface area contributed by atoms with Crippen molar-refractivity contribution >= 4 is 6.03 Å². The summed E-state index contributed by atoms with van der Waals surface area (Å²) in [4.78, 5) is 18.2. The van der Waals surface area contributed by atoms with Gasteiger partial charge in [-0.25, -0.2) is 9.78 Å².